The van der Waals surface area contributed by atoms with Crippen molar-refractivity contribution >= 4 is 17.3 Å². The zero-order chi connectivity index (χ0) is 16.8. The second-order valence-electron chi connectivity index (χ2n) is 4.43. The van der Waals surface area contributed by atoms with Crippen LogP contribution in [-0.4, -0.2) is 24.5 Å². The molecule has 0 atom stereocenters. The van der Waals surface area contributed by atoms with E-state index >= 15 is 0 Å². The Hall–Kier alpha value is -3.16. The van der Waals surface area contributed by atoms with E-state index in [9.17, 15) is 19.3 Å². The molecular formula is C15H13FN2O5. The highest BCUT2D eigenvalue weighted by Crippen LogP contribution is 2.30. The number of nitrogens with zero attached hydrogens (tertiary/aromatic N) is 1. The first-order valence-corrected chi connectivity index (χ1v) is 6.50. The Morgan fingerprint density at radius 1 is 1.26 bits per heavy atom. The maximum absolute atomic E-state index is 12.8. The Morgan fingerprint density at radius 3 is 2.57 bits per heavy atom. The number of rotatable bonds is 6. The quantitative estimate of drug-likeness (QED) is 0.653. The third kappa shape index (κ3) is 4.40. The van der Waals surface area contributed by atoms with Crippen LogP contribution in [0.25, 0.3) is 0 Å². The fraction of sp³-hybridized carbons (Fsp3) is 0.133. The first-order chi connectivity index (χ1) is 11.0. The van der Waals surface area contributed by atoms with Gasteiger partial charge in [0.05, 0.1) is 12.0 Å². The molecule has 0 radical (unpaired) electrons. The van der Waals surface area contributed by atoms with Crippen LogP contribution in [0.4, 0.5) is 15.8 Å². The molecule has 23 heavy (non-hydrogen) atoms. The van der Waals surface area contributed by atoms with Gasteiger partial charge in [-0.05, 0) is 30.3 Å². The van der Waals surface area contributed by atoms with Crippen LogP contribution in [0.1, 0.15) is 0 Å². The van der Waals surface area contributed by atoms with Crippen LogP contribution in [0.2, 0.25) is 0 Å². The zero-order valence-electron chi connectivity index (χ0n) is 12.1. The topological polar surface area (TPSA) is 90.7 Å². The van der Waals surface area contributed by atoms with Gasteiger partial charge in [-0.1, -0.05) is 0 Å². The van der Waals surface area contributed by atoms with Gasteiger partial charge in [0.15, 0.2) is 6.61 Å². The monoisotopic (exact) mass is 320 g/mol. The summed E-state index contributed by atoms with van der Waals surface area (Å²) < 4.78 is 22.9. The third-order valence-corrected chi connectivity index (χ3v) is 2.85. The van der Waals surface area contributed by atoms with Crippen LogP contribution >= 0.6 is 0 Å². The number of amides is 1. The lowest BCUT2D eigenvalue weighted by Crippen LogP contribution is -2.20. The van der Waals surface area contributed by atoms with Crippen molar-refractivity contribution in [1.82, 2.24) is 0 Å². The lowest BCUT2D eigenvalue weighted by molar-refractivity contribution is -0.385. The van der Waals surface area contributed by atoms with Gasteiger partial charge in [-0.2, -0.15) is 0 Å². The zero-order valence-corrected chi connectivity index (χ0v) is 12.1. The van der Waals surface area contributed by atoms with Crippen molar-refractivity contribution in [2.45, 2.75) is 0 Å². The molecule has 0 aliphatic rings. The molecule has 0 saturated heterocycles. The first-order valence-electron chi connectivity index (χ1n) is 6.50. The molecule has 0 fully saturated rings. The van der Waals surface area contributed by atoms with E-state index in [1.165, 1.54) is 49.6 Å². The average Bonchev–Trinajstić information content (AvgIpc) is 2.54. The highest BCUT2D eigenvalue weighted by molar-refractivity contribution is 5.91. The number of nitro groups is 1. The van der Waals surface area contributed by atoms with Gasteiger partial charge in [-0.25, -0.2) is 4.39 Å². The minimum absolute atomic E-state index is 0.0337. The summed E-state index contributed by atoms with van der Waals surface area (Å²) in [6.45, 7) is -0.307. The summed E-state index contributed by atoms with van der Waals surface area (Å²) in [6.07, 6.45) is 0. The average molecular weight is 320 g/mol. The number of hydrogen-bond acceptors (Lipinski definition) is 5. The second kappa shape index (κ2) is 7.21. The Labute approximate surface area is 130 Å². The molecule has 0 saturated carbocycles. The van der Waals surface area contributed by atoms with E-state index < -0.39 is 16.6 Å². The third-order valence-electron chi connectivity index (χ3n) is 2.85. The predicted octanol–water partition coefficient (Wildman–Crippen LogP) is 2.76. The number of methoxy groups -OCH3 is 1. The number of hydrogen-bond donors (Lipinski definition) is 1. The molecule has 0 unspecified atom stereocenters. The molecule has 2 rings (SSSR count). The molecule has 0 heterocycles. The minimum Gasteiger partial charge on any atom is -0.490 e. The van der Waals surface area contributed by atoms with Gasteiger partial charge in [0.25, 0.3) is 5.91 Å². The van der Waals surface area contributed by atoms with Crippen molar-refractivity contribution in [3.05, 3.63) is 58.4 Å². The van der Waals surface area contributed by atoms with Gasteiger partial charge in [-0.15, -0.1) is 0 Å². The number of nitrogens with one attached hydrogen (secondary N) is 1. The predicted molar refractivity (Wildman–Crippen MR) is 80.2 cm³/mol. The van der Waals surface area contributed by atoms with Crippen molar-refractivity contribution in [3.63, 3.8) is 0 Å². The van der Waals surface area contributed by atoms with Gasteiger partial charge in [0.2, 0.25) is 5.75 Å². The molecule has 7 nitrogen and oxygen atoms in total. The molecule has 1 amide bonds. The van der Waals surface area contributed by atoms with Crippen molar-refractivity contribution in [2.75, 3.05) is 19.0 Å². The number of carbonyl (C=O) groups excluding carboxylic acids is 1. The number of carbonyl (C=O) groups is 1. The van der Waals surface area contributed by atoms with E-state index in [0.717, 1.165) is 0 Å². The number of nitro benzene ring substituents is 1. The maximum Gasteiger partial charge on any atom is 0.311 e. The maximum atomic E-state index is 12.8. The van der Waals surface area contributed by atoms with E-state index in [1.54, 1.807) is 0 Å². The highest BCUT2D eigenvalue weighted by atomic mass is 19.1. The van der Waals surface area contributed by atoms with Gasteiger partial charge >= 0.3 is 5.69 Å². The van der Waals surface area contributed by atoms with E-state index in [-0.39, 0.29) is 23.8 Å². The SMILES string of the molecule is COc1cc(OCC(=O)Nc2ccc(F)cc2)ccc1[N+](=O)[O-]. The number of benzene rings is 2. The smallest absolute Gasteiger partial charge is 0.311 e. The van der Waals surface area contributed by atoms with Crippen LogP contribution in [-0.2, 0) is 4.79 Å². The Bertz CT molecular complexity index is 718. The Kier molecular flexibility index (Phi) is 5.08. The van der Waals surface area contributed by atoms with Gasteiger partial charge < -0.3 is 14.8 Å². The molecular weight excluding hydrogens is 307 g/mol. The fourth-order valence-corrected chi connectivity index (χ4v) is 1.78. The molecule has 2 aromatic rings. The molecule has 8 heteroatoms. The summed E-state index contributed by atoms with van der Waals surface area (Å²) in [5.74, 6) is -0.570. The van der Waals surface area contributed by atoms with Gasteiger partial charge in [-0.3, -0.25) is 14.9 Å². The lowest BCUT2D eigenvalue weighted by atomic mass is 10.3. The summed E-state index contributed by atoms with van der Waals surface area (Å²) >= 11 is 0. The number of ether oxygens (including phenoxy) is 2. The Balaban J connectivity index is 1.96. The van der Waals surface area contributed by atoms with Crippen molar-refractivity contribution < 1.29 is 23.6 Å². The lowest BCUT2D eigenvalue weighted by Gasteiger charge is -2.09. The molecule has 0 aliphatic carbocycles. The number of anilines is 1. The standard InChI is InChI=1S/C15H13FN2O5/c1-22-14-8-12(6-7-13(14)18(20)21)23-9-15(19)17-11-4-2-10(16)3-5-11/h2-8H,9H2,1H3,(H,17,19). The minimum atomic E-state index is -0.580. The molecule has 120 valence electrons. The highest BCUT2D eigenvalue weighted by Gasteiger charge is 2.15. The Morgan fingerprint density at radius 2 is 1.96 bits per heavy atom. The van der Waals surface area contributed by atoms with E-state index in [2.05, 4.69) is 5.32 Å². The number of halogens is 1. The van der Waals surface area contributed by atoms with E-state index in [0.29, 0.717) is 5.69 Å². The molecule has 0 aromatic heterocycles. The second-order valence-corrected chi connectivity index (χ2v) is 4.43. The summed E-state index contributed by atoms with van der Waals surface area (Å²) in [6, 6.07) is 9.20. The van der Waals surface area contributed by atoms with Crippen LogP contribution in [0.15, 0.2) is 42.5 Å². The van der Waals surface area contributed by atoms with Crippen molar-refractivity contribution in [1.29, 1.82) is 0 Å². The fourth-order valence-electron chi connectivity index (χ4n) is 1.78. The van der Waals surface area contributed by atoms with E-state index in [1.807, 2.05) is 0 Å². The van der Waals surface area contributed by atoms with E-state index in [4.69, 9.17) is 9.47 Å². The van der Waals surface area contributed by atoms with Crippen molar-refractivity contribution in [2.24, 2.45) is 0 Å². The first kappa shape index (κ1) is 16.2. The van der Waals surface area contributed by atoms with Crippen molar-refractivity contribution in [3.8, 4) is 11.5 Å². The molecule has 0 aliphatic heterocycles. The van der Waals surface area contributed by atoms with Crippen LogP contribution in [0.5, 0.6) is 11.5 Å². The largest absolute Gasteiger partial charge is 0.490 e. The van der Waals surface area contributed by atoms with Crippen LogP contribution < -0.4 is 14.8 Å². The summed E-state index contributed by atoms with van der Waals surface area (Å²) in [4.78, 5) is 21.9. The van der Waals surface area contributed by atoms with Crippen LogP contribution in [0.3, 0.4) is 0 Å². The summed E-state index contributed by atoms with van der Waals surface area (Å²) in [7, 11) is 1.30. The molecule has 2 aromatic carbocycles. The molecule has 1 N–H and O–H groups in total. The summed E-state index contributed by atoms with van der Waals surface area (Å²) in [5, 5.41) is 13.3. The normalized spacial score (nSPS) is 10.0. The summed E-state index contributed by atoms with van der Waals surface area (Å²) in [5.41, 5.74) is 0.233. The van der Waals surface area contributed by atoms with Gasteiger partial charge in [0.1, 0.15) is 11.6 Å². The molecule has 0 spiro atoms. The molecule has 0 bridgehead atoms. The van der Waals surface area contributed by atoms with Gasteiger partial charge in [0, 0.05) is 17.8 Å². The van der Waals surface area contributed by atoms with Crippen LogP contribution in [0, 0.1) is 15.9 Å².